The molecule has 0 bridgehead atoms. The topological polar surface area (TPSA) is 57.0 Å². The van der Waals surface area contributed by atoms with Crippen LogP contribution in [0, 0.1) is 5.41 Å². The number of carbonyl (C=O) groups excluding carboxylic acids is 1. The number of hydrogen-bond acceptors (Lipinski definition) is 4. The minimum atomic E-state index is -0.859. The second-order valence-electron chi connectivity index (χ2n) is 6.52. The molecule has 0 aliphatic rings. The molecule has 1 aromatic carbocycles. The van der Waals surface area contributed by atoms with Gasteiger partial charge in [-0.25, -0.2) is 14.5 Å². The molecule has 0 spiro atoms. The predicted molar refractivity (Wildman–Crippen MR) is 94.8 cm³/mol. The molecule has 2 atom stereocenters. The summed E-state index contributed by atoms with van der Waals surface area (Å²) in [5.41, 5.74) is -0.372. The average Bonchev–Trinajstić information content (AvgIpc) is 2.97. The molecule has 0 fully saturated rings. The summed E-state index contributed by atoms with van der Waals surface area (Å²) in [7, 11) is 0. The second kappa shape index (κ2) is 7.72. The summed E-state index contributed by atoms with van der Waals surface area (Å²) >= 11 is 17.7. The van der Waals surface area contributed by atoms with Gasteiger partial charge in [-0.2, -0.15) is 5.10 Å². The van der Waals surface area contributed by atoms with Gasteiger partial charge in [-0.1, -0.05) is 50.0 Å². The van der Waals surface area contributed by atoms with Crippen LogP contribution >= 0.6 is 34.8 Å². The lowest BCUT2D eigenvalue weighted by Crippen LogP contribution is -2.40. The van der Waals surface area contributed by atoms with E-state index >= 15 is 0 Å². The first-order valence-corrected chi connectivity index (χ1v) is 8.46. The van der Waals surface area contributed by atoms with Crippen LogP contribution in [0.25, 0.3) is 0 Å². The number of halogens is 3. The van der Waals surface area contributed by atoms with Crippen molar-refractivity contribution in [1.29, 1.82) is 0 Å². The first kappa shape index (κ1) is 19.0. The zero-order chi connectivity index (χ0) is 17.9. The maximum Gasteiger partial charge on any atom is 0.404 e. The Hall–Kier alpha value is -1.30. The van der Waals surface area contributed by atoms with Gasteiger partial charge < -0.3 is 4.74 Å². The maximum atomic E-state index is 11.4. The number of hydrogen-bond donors (Lipinski definition) is 0. The molecule has 5 nitrogen and oxygen atoms in total. The smallest absolute Gasteiger partial charge is 0.404 e. The van der Waals surface area contributed by atoms with Crippen LogP contribution in [0.2, 0.25) is 10.0 Å². The van der Waals surface area contributed by atoms with Gasteiger partial charge in [0, 0.05) is 33.5 Å². The van der Waals surface area contributed by atoms with Crippen molar-refractivity contribution in [2.24, 2.45) is 5.41 Å². The summed E-state index contributed by atoms with van der Waals surface area (Å²) in [6.45, 7) is 5.89. The summed E-state index contributed by atoms with van der Waals surface area (Å²) in [5, 5.41) is 5.30. The minimum Gasteiger partial charge on any atom is -0.448 e. The van der Waals surface area contributed by atoms with Crippen molar-refractivity contribution >= 4 is 40.2 Å². The van der Waals surface area contributed by atoms with Crippen molar-refractivity contribution in [2.45, 2.75) is 39.3 Å². The lowest BCUT2D eigenvalue weighted by molar-refractivity contribution is 0.00473. The maximum absolute atomic E-state index is 11.4. The summed E-state index contributed by atoms with van der Waals surface area (Å²) in [4.78, 5) is 15.4. The van der Waals surface area contributed by atoms with E-state index in [2.05, 4.69) is 10.1 Å². The molecule has 1 aromatic heterocycles. The number of aromatic nitrogens is 3. The normalized spacial score (nSPS) is 14.2. The Morgan fingerprint density at radius 3 is 2.54 bits per heavy atom. The van der Waals surface area contributed by atoms with E-state index in [9.17, 15) is 4.79 Å². The third kappa shape index (κ3) is 4.85. The van der Waals surface area contributed by atoms with Gasteiger partial charge in [0.1, 0.15) is 18.8 Å². The van der Waals surface area contributed by atoms with Crippen LogP contribution in [-0.2, 0) is 11.2 Å². The molecule has 24 heavy (non-hydrogen) atoms. The molecule has 2 rings (SSSR count). The fourth-order valence-electron chi connectivity index (χ4n) is 2.57. The second-order valence-corrected chi connectivity index (χ2v) is 7.68. The van der Waals surface area contributed by atoms with Crippen molar-refractivity contribution in [3.05, 3.63) is 46.5 Å². The van der Waals surface area contributed by atoms with Crippen molar-refractivity contribution in [2.75, 3.05) is 0 Å². The SMILES string of the molecule is CC(C)(C)C(OC(=O)Cl)C(Cc1ccc(Cl)cc1Cl)n1cncn1. The van der Waals surface area contributed by atoms with Gasteiger partial charge in [0.15, 0.2) is 0 Å². The summed E-state index contributed by atoms with van der Waals surface area (Å²) in [5.74, 6) is 0. The summed E-state index contributed by atoms with van der Waals surface area (Å²) in [6.07, 6.45) is 2.95. The van der Waals surface area contributed by atoms with E-state index in [4.69, 9.17) is 39.5 Å². The first-order valence-electron chi connectivity index (χ1n) is 7.32. The van der Waals surface area contributed by atoms with Gasteiger partial charge in [-0.15, -0.1) is 0 Å². The number of benzene rings is 1. The van der Waals surface area contributed by atoms with Crippen LogP contribution in [0.3, 0.4) is 0 Å². The van der Waals surface area contributed by atoms with E-state index in [1.165, 1.54) is 6.33 Å². The molecule has 0 saturated carbocycles. The fraction of sp³-hybridized carbons (Fsp3) is 0.438. The molecule has 0 amide bonds. The van der Waals surface area contributed by atoms with Crippen LogP contribution in [0.4, 0.5) is 4.79 Å². The van der Waals surface area contributed by atoms with Gasteiger partial charge in [0.05, 0.1) is 6.04 Å². The summed E-state index contributed by atoms with van der Waals surface area (Å²) in [6, 6.07) is 4.96. The zero-order valence-electron chi connectivity index (χ0n) is 13.5. The molecule has 0 aliphatic heterocycles. The first-order chi connectivity index (χ1) is 11.2. The fourth-order valence-corrected chi connectivity index (χ4v) is 3.15. The molecule has 2 unspecified atom stereocenters. The quantitative estimate of drug-likeness (QED) is 0.662. The lowest BCUT2D eigenvalue weighted by Gasteiger charge is -2.35. The molecular formula is C16H18Cl3N3O2. The third-order valence-corrected chi connectivity index (χ3v) is 4.32. The molecule has 0 saturated heterocycles. The Kier molecular flexibility index (Phi) is 6.12. The predicted octanol–water partition coefficient (Wildman–Crippen LogP) is 5.16. The van der Waals surface area contributed by atoms with E-state index < -0.39 is 11.5 Å². The molecule has 0 aliphatic carbocycles. The number of nitrogens with zero attached hydrogens (tertiary/aromatic N) is 3. The Labute approximate surface area is 155 Å². The minimum absolute atomic E-state index is 0.325. The van der Waals surface area contributed by atoms with Crippen LogP contribution in [0.5, 0.6) is 0 Å². The molecule has 0 radical (unpaired) electrons. The molecule has 130 valence electrons. The van der Waals surface area contributed by atoms with E-state index in [0.29, 0.717) is 16.5 Å². The molecular weight excluding hydrogens is 373 g/mol. The molecule has 1 heterocycles. The highest BCUT2D eigenvalue weighted by atomic mass is 35.5. The Morgan fingerprint density at radius 1 is 1.33 bits per heavy atom. The highest BCUT2D eigenvalue weighted by molar-refractivity contribution is 6.61. The molecule has 0 N–H and O–H groups in total. The highest BCUT2D eigenvalue weighted by Gasteiger charge is 2.37. The Balaban J connectivity index is 2.42. The van der Waals surface area contributed by atoms with Gasteiger partial charge in [0.25, 0.3) is 0 Å². The largest absolute Gasteiger partial charge is 0.448 e. The average molecular weight is 391 g/mol. The van der Waals surface area contributed by atoms with Gasteiger partial charge in [0.2, 0.25) is 0 Å². The van der Waals surface area contributed by atoms with E-state index in [-0.39, 0.29) is 11.5 Å². The van der Waals surface area contributed by atoms with Crippen LogP contribution in [-0.4, -0.2) is 26.3 Å². The van der Waals surface area contributed by atoms with Crippen molar-refractivity contribution < 1.29 is 9.53 Å². The van der Waals surface area contributed by atoms with Gasteiger partial charge >= 0.3 is 5.43 Å². The van der Waals surface area contributed by atoms with Gasteiger partial charge in [-0.3, -0.25) is 0 Å². The Bertz CT molecular complexity index is 699. The summed E-state index contributed by atoms with van der Waals surface area (Å²) < 4.78 is 7.06. The van der Waals surface area contributed by atoms with Crippen LogP contribution < -0.4 is 0 Å². The lowest BCUT2D eigenvalue weighted by atomic mass is 9.82. The van der Waals surface area contributed by atoms with Crippen LogP contribution in [0.1, 0.15) is 32.4 Å². The number of carbonyl (C=O) groups is 1. The molecule has 2 aromatic rings. The third-order valence-electron chi connectivity index (χ3n) is 3.64. The van der Waals surface area contributed by atoms with Crippen molar-refractivity contribution in [3.63, 3.8) is 0 Å². The standard InChI is InChI=1S/C16H18Cl3N3O2/c1-16(2,3)14(24-15(19)23)13(22-9-20-8-21-22)6-10-4-5-11(17)7-12(10)18/h4-5,7-9,13-14H,6H2,1-3H3. The van der Waals surface area contributed by atoms with E-state index in [1.807, 2.05) is 26.8 Å². The van der Waals surface area contributed by atoms with Crippen molar-refractivity contribution in [3.8, 4) is 0 Å². The van der Waals surface area contributed by atoms with Gasteiger partial charge in [-0.05, 0) is 17.7 Å². The van der Waals surface area contributed by atoms with Crippen LogP contribution in [0.15, 0.2) is 30.9 Å². The Morgan fingerprint density at radius 2 is 2.04 bits per heavy atom. The van der Waals surface area contributed by atoms with E-state index in [0.717, 1.165) is 5.56 Å². The highest BCUT2D eigenvalue weighted by Crippen LogP contribution is 2.35. The molecule has 8 heteroatoms. The van der Waals surface area contributed by atoms with Crippen molar-refractivity contribution in [1.82, 2.24) is 14.8 Å². The van der Waals surface area contributed by atoms with E-state index in [1.54, 1.807) is 23.1 Å². The monoisotopic (exact) mass is 389 g/mol. The number of rotatable bonds is 5. The number of ether oxygens (including phenoxy) is 1. The zero-order valence-corrected chi connectivity index (χ0v) is 15.8.